The van der Waals surface area contributed by atoms with Gasteiger partial charge in [-0.15, -0.1) is 0 Å². The first-order chi connectivity index (χ1) is 12.6. The summed E-state index contributed by atoms with van der Waals surface area (Å²) in [5, 5.41) is 6.75. The van der Waals surface area contributed by atoms with Crippen LogP contribution < -0.4 is 5.73 Å². The number of aromatic amines is 1. The molecule has 3 atom stereocenters. The molecule has 4 aliphatic heterocycles. The fourth-order valence-electron chi connectivity index (χ4n) is 5.36. The molecule has 0 aliphatic carbocycles. The van der Waals surface area contributed by atoms with Gasteiger partial charge in [0.05, 0.1) is 6.04 Å². The van der Waals surface area contributed by atoms with Crippen LogP contribution in [0.4, 0.5) is 5.82 Å². The van der Waals surface area contributed by atoms with E-state index in [-0.39, 0.29) is 5.91 Å². The lowest BCUT2D eigenvalue weighted by Gasteiger charge is -2.51. The number of nitrogens with two attached hydrogens (primary N) is 1. The van der Waals surface area contributed by atoms with E-state index in [9.17, 15) is 4.79 Å². The number of fused-ring (bicyclic) bond motifs is 2. The molecule has 1 aromatic carbocycles. The van der Waals surface area contributed by atoms with Crippen LogP contribution >= 0.6 is 0 Å². The number of anilines is 1. The Morgan fingerprint density at radius 2 is 1.92 bits per heavy atom. The van der Waals surface area contributed by atoms with Gasteiger partial charge in [-0.2, -0.15) is 5.10 Å². The number of carbonyl (C=O) groups is 1. The van der Waals surface area contributed by atoms with Crippen LogP contribution in [0.25, 0.3) is 0 Å². The summed E-state index contributed by atoms with van der Waals surface area (Å²) in [6, 6.07) is 11.2. The van der Waals surface area contributed by atoms with Gasteiger partial charge in [0.2, 0.25) is 0 Å². The van der Waals surface area contributed by atoms with Crippen molar-refractivity contribution in [3.63, 3.8) is 0 Å². The van der Waals surface area contributed by atoms with Gasteiger partial charge in [0, 0.05) is 24.6 Å². The van der Waals surface area contributed by atoms with Gasteiger partial charge in [0.15, 0.2) is 0 Å². The molecule has 6 rings (SSSR count). The Morgan fingerprint density at radius 1 is 1.19 bits per heavy atom. The van der Waals surface area contributed by atoms with Crippen LogP contribution in [-0.2, 0) is 0 Å². The lowest BCUT2D eigenvalue weighted by atomic mass is 9.75. The summed E-state index contributed by atoms with van der Waals surface area (Å²) in [5.74, 6) is 1.37. The zero-order valence-electron chi connectivity index (χ0n) is 15.1. The molecule has 2 bridgehead atoms. The fraction of sp³-hybridized carbons (Fsp3) is 0.500. The summed E-state index contributed by atoms with van der Waals surface area (Å²) in [6.07, 6.45) is 2.38. The number of H-pyrrole nitrogens is 1. The molecule has 4 aliphatic rings. The van der Waals surface area contributed by atoms with Crippen LogP contribution in [0.3, 0.4) is 0 Å². The zero-order valence-corrected chi connectivity index (χ0v) is 15.1. The molecule has 5 heterocycles. The Balaban J connectivity index is 1.52. The number of hydrogen-bond acceptors (Lipinski definition) is 4. The van der Waals surface area contributed by atoms with E-state index in [1.54, 1.807) is 6.07 Å². The lowest BCUT2D eigenvalue weighted by Crippen LogP contribution is -2.60. The number of benzene rings is 1. The number of nitrogen functional groups attached to an aromatic ring is 1. The first kappa shape index (κ1) is 15.9. The third-order valence-corrected chi connectivity index (χ3v) is 6.59. The van der Waals surface area contributed by atoms with E-state index in [1.165, 1.54) is 24.0 Å². The van der Waals surface area contributed by atoms with Crippen molar-refractivity contribution >= 4 is 11.7 Å². The Hall–Kier alpha value is -2.34. The molecular formula is C20H25N5O. The predicted molar refractivity (Wildman–Crippen MR) is 99.8 cm³/mol. The van der Waals surface area contributed by atoms with Gasteiger partial charge in [-0.1, -0.05) is 29.8 Å². The molecule has 6 nitrogen and oxygen atoms in total. The fourth-order valence-corrected chi connectivity index (χ4v) is 5.36. The van der Waals surface area contributed by atoms with Gasteiger partial charge in [-0.05, 0) is 44.3 Å². The molecule has 3 N–H and O–H groups in total. The molecule has 6 heteroatoms. The third kappa shape index (κ3) is 2.35. The molecular weight excluding hydrogens is 326 g/mol. The molecule has 0 saturated carbocycles. The summed E-state index contributed by atoms with van der Waals surface area (Å²) in [4.78, 5) is 17.9. The van der Waals surface area contributed by atoms with Gasteiger partial charge < -0.3 is 10.6 Å². The highest BCUT2D eigenvalue weighted by atomic mass is 16.2. The minimum absolute atomic E-state index is 0.0348. The van der Waals surface area contributed by atoms with Crippen LogP contribution in [0.15, 0.2) is 30.3 Å². The summed E-state index contributed by atoms with van der Waals surface area (Å²) >= 11 is 0. The van der Waals surface area contributed by atoms with Gasteiger partial charge in [-0.25, -0.2) is 0 Å². The standard InChI is InChI=1S/C20H25N5O/c1-12-2-4-13(5-3-12)15-11-25(20(26)16-10-17(21)23-22-16)18-14-6-8-24(9-7-14)19(15)18/h2-5,10,14-15,18-19H,6-9,11H2,1H3,(H3,21,22,23)/t15-,18+,19+/m0/s1. The van der Waals surface area contributed by atoms with Crippen LogP contribution in [0.2, 0.25) is 0 Å². The molecule has 4 saturated heterocycles. The number of nitrogens with zero attached hydrogens (tertiary/aromatic N) is 3. The SMILES string of the molecule is Cc1ccc([C@@H]2CN(C(=O)c3cc(N)n[nH]3)[C@@H]3C4CCN(CC4)[C@@H]32)cc1. The van der Waals surface area contributed by atoms with Crippen LogP contribution in [0.5, 0.6) is 0 Å². The summed E-state index contributed by atoms with van der Waals surface area (Å²) in [5.41, 5.74) is 8.84. The van der Waals surface area contributed by atoms with E-state index in [0.717, 1.165) is 19.6 Å². The van der Waals surface area contributed by atoms with Crippen molar-refractivity contribution in [1.82, 2.24) is 20.0 Å². The first-order valence-electron chi connectivity index (χ1n) is 9.54. The van der Waals surface area contributed by atoms with Crippen molar-refractivity contribution in [2.24, 2.45) is 5.92 Å². The average molecular weight is 351 g/mol. The maximum absolute atomic E-state index is 13.2. The number of likely N-dealkylation sites (tertiary alicyclic amines) is 1. The van der Waals surface area contributed by atoms with Gasteiger partial charge in [-0.3, -0.25) is 14.8 Å². The van der Waals surface area contributed by atoms with Gasteiger partial charge in [0.1, 0.15) is 11.5 Å². The van der Waals surface area contributed by atoms with Gasteiger partial charge in [0.25, 0.3) is 5.91 Å². The Morgan fingerprint density at radius 3 is 2.58 bits per heavy atom. The number of aryl methyl sites for hydroxylation is 1. The highest BCUT2D eigenvalue weighted by Gasteiger charge is 2.54. The van der Waals surface area contributed by atoms with E-state index >= 15 is 0 Å². The number of hydrogen-bond donors (Lipinski definition) is 2. The molecule has 26 heavy (non-hydrogen) atoms. The average Bonchev–Trinajstić information content (AvgIpc) is 3.28. The van der Waals surface area contributed by atoms with E-state index in [4.69, 9.17) is 5.73 Å². The summed E-state index contributed by atoms with van der Waals surface area (Å²) < 4.78 is 0. The molecule has 0 radical (unpaired) electrons. The number of aromatic nitrogens is 2. The Kier molecular flexibility index (Phi) is 3.57. The lowest BCUT2D eigenvalue weighted by molar-refractivity contribution is -0.00358. The normalized spacial score (nSPS) is 32.7. The van der Waals surface area contributed by atoms with Crippen molar-refractivity contribution in [3.05, 3.63) is 47.2 Å². The predicted octanol–water partition coefficient (Wildman–Crippen LogP) is 2.00. The highest BCUT2D eigenvalue weighted by molar-refractivity contribution is 5.93. The maximum Gasteiger partial charge on any atom is 0.272 e. The second-order valence-electron chi connectivity index (χ2n) is 8.04. The maximum atomic E-state index is 13.2. The Labute approximate surface area is 153 Å². The number of carbonyl (C=O) groups excluding carboxylic acids is 1. The minimum atomic E-state index is 0.0348. The number of piperidine rings is 3. The molecule has 0 spiro atoms. The number of rotatable bonds is 2. The van der Waals surface area contributed by atoms with Crippen molar-refractivity contribution in [3.8, 4) is 0 Å². The third-order valence-electron chi connectivity index (χ3n) is 6.59. The van der Waals surface area contributed by atoms with Gasteiger partial charge >= 0.3 is 0 Å². The molecule has 2 aromatic rings. The van der Waals surface area contributed by atoms with E-state index in [0.29, 0.717) is 35.4 Å². The largest absolute Gasteiger partial charge is 0.382 e. The highest BCUT2D eigenvalue weighted by Crippen LogP contribution is 2.46. The molecule has 4 fully saturated rings. The van der Waals surface area contributed by atoms with E-state index in [1.807, 2.05) is 0 Å². The molecule has 1 amide bonds. The number of amides is 1. The van der Waals surface area contributed by atoms with Crippen LogP contribution in [0, 0.1) is 12.8 Å². The summed E-state index contributed by atoms with van der Waals surface area (Å²) in [6.45, 7) is 5.20. The molecule has 0 unspecified atom stereocenters. The van der Waals surface area contributed by atoms with Crippen molar-refractivity contribution in [2.75, 3.05) is 25.4 Å². The zero-order chi connectivity index (χ0) is 17.8. The second-order valence-corrected chi connectivity index (χ2v) is 8.04. The van der Waals surface area contributed by atoms with E-state index in [2.05, 4.69) is 51.2 Å². The molecule has 1 aromatic heterocycles. The Bertz CT molecular complexity index is 821. The van der Waals surface area contributed by atoms with Crippen molar-refractivity contribution in [2.45, 2.75) is 37.8 Å². The monoisotopic (exact) mass is 351 g/mol. The minimum Gasteiger partial charge on any atom is -0.382 e. The summed E-state index contributed by atoms with van der Waals surface area (Å²) in [7, 11) is 0. The molecule has 136 valence electrons. The quantitative estimate of drug-likeness (QED) is 0.867. The first-order valence-corrected chi connectivity index (χ1v) is 9.54. The van der Waals surface area contributed by atoms with Crippen LogP contribution in [-0.4, -0.2) is 57.6 Å². The smallest absolute Gasteiger partial charge is 0.272 e. The van der Waals surface area contributed by atoms with Crippen molar-refractivity contribution in [1.29, 1.82) is 0 Å². The van der Waals surface area contributed by atoms with Crippen LogP contribution in [0.1, 0.15) is 40.4 Å². The second kappa shape index (κ2) is 5.84. The van der Waals surface area contributed by atoms with Crippen molar-refractivity contribution < 1.29 is 4.79 Å². The topological polar surface area (TPSA) is 78.2 Å². The number of nitrogens with one attached hydrogen (secondary N) is 1. The van der Waals surface area contributed by atoms with E-state index < -0.39 is 0 Å².